The number of rotatable bonds is 5. The van der Waals surface area contributed by atoms with E-state index in [0.717, 1.165) is 11.6 Å². The number of likely N-dealkylation sites (tertiary alicyclic amines) is 1. The van der Waals surface area contributed by atoms with E-state index in [9.17, 15) is 18.8 Å². The van der Waals surface area contributed by atoms with Crippen LogP contribution < -0.4 is 4.74 Å². The minimum Gasteiger partial charge on any atom is -0.484 e. The molecule has 0 bridgehead atoms. The van der Waals surface area contributed by atoms with Gasteiger partial charge < -0.3 is 9.64 Å². The smallest absolute Gasteiger partial charge is 0.260 e. The van der Waals surface area contributed by atoms with E-state index in [1.807, 2.05) is 0 Å². The third-order valence-electron chi connectivity index (χ3n) is 5.19. The van der Waals surface area contributed by atoms with Crippen LogP contribution in [0.15, 0.2) is 42.5 Å². The van der Waals surface area contributed by atoms with Gasteiger partial charge in [0.25, 0.3) is 5.91 Å². The molecular formula is C22H19F2N3O2. The lowest BCUT2D eigenvalue weighted by molar-refractivity contribution is -0.135. The van der Waals surface area contributed by atoms with Crippen LogP contribution in [0.25, 0.3) is 0 Å². The van der Waals surface area contributed by atoms with E-state index in [0.29, 0.717) is 32.4 Å². The molecule has 1 aliphatic heterocycles. The minimum atomic E-state index is -0.699. The molecule has 5 nitrogen and oxygen atoms in total. The van der Waals surface area contributed by atoms with Gasteiger partial charge in [-0.05, 0) is 49.1 Å². The number of nitrogens with zero attached hydrogens (tertiary/aromatic N) is 3. The maximum absolute atomic E-state index is 13.6. The summed E-state index contributed by atoms with van der Waals surface area (Å²) in [6, 6.07) is 14.0. The molecule has 7 heteroatoms. The number of halogens is 2. The van der Waals surface area contributed by atoms with Gasteiger partial charge in [0.05, 0.1) is 17.0 Å². The lowest BCUT2D eigenvalue weighted by Gasteiger charge is -2.37. The Kier molecular flexibility index (Phi) is 6.09. The molecule has 2 aromatic rings. The Bertz CT molecular complexity index is 969. The molecule has 0 radical (unpaired) electrons. The second-order valence-electron chi connectivity index (χ2n) is 7.12. The van der Waals surface area contributed by atoms with Crippen molar-refractivity contribution in [2.24, 2.45) is 5.41 Å². The largest absolute Gasteiger partial charge is 0.484 e. The second-order valence-corrected chi connectivity index (χ2v) is 7.12. The van der Waals surface area contributed by atoms with E-state index in [1.54, 1.807) is 23.1 Å². The number of amides is 1. The Morgan fingerprint density at radius 3 is 2.38 bits per heavy atom. The van der Waals surface area contributed by atoms with Gasteiger partial charge in [-0.2, -0.15) is 10.5 Å². The number of piperidine rings is 1. The van der Waals surface area contributed by atoms with Crippen LogP contribution in [-0.2, 0) is 11.2 Å². The van der Waals surface area contributed by atoms with E-state index in [-0.39, 0.29) is 29.6 Å². The molecule has 1 fully saturated rings. The van der Waals surface area contributed by atoms with Crippen molar-refractivity contribution in [3.8, 4) is 17.9 Å². The summed E-state index contributed by atoms with van der Waals surface area (Å²) in [4.78, 5) is 14.0. The highest BCUT2D eigenvalue weighted by atomic mass is 19.1. The van der Waals surface area contributed by atoms with Crippen LogP contribution >= 0.6 is 0 Å². The molecule has 1 saturated heterocycles. The topological polar surface area (TPSA) is 77.1 Å². The van der Waals surface area contributed by atoms with Crippen molar-refractivity contribution < 1.29 is 18.3 Å². The first kappa shape index (κ1) is 20.3. The van der Waals surface area contributed by atoms with Crippen molar-refractivity contribution >= 4 is 5.91 Å². The molecule has 0 atom stereocenters. The van der Waals surface area contributed by atoms with Crippen molar-refractivity contribution in [2.75, 3.05) is 19.7 Å². The number of carbonyl (C=O) groups excluding carboxylic acids is 1. The SMILES string of the molecule is N#Cc1ccc(OCC(=O)N2CCC(C#N)(Cc3ccc(F)cc3)CC2)cc1F. The standard InChI is InChI=1S/C22H19F2N3O2/c23-18-4-1-16(2-5-18)12-22(15-26)7-9-27(10-8-22)21(28)14-29-19-6-3-17(13-25)20(24)11-19/h1-6,11H,7-10,12,14H2. The molecule has 2 aromatic carbocycles. The van der Waals surface area contributed by atoms with E-state index in [1.165, 1.54) is 24.3 Å². The van der Waals surface area contributed by atoms with Crippen molar-refractivity contribution in [1.29, 1.82) is 10.5 Å². The Morgan fingerprint density at radius 1 is 1.10 bits per heavy atom. The number of hydrogen-bond acceptors (Lipinski definition) is 4. The fourth-order valence-electron chi connectivity index (χ4n) is 3.42. The molecule has 0 N–H and O–H groups in total. The Balaban J connectivity index is 1.54. The van der Waals surface area contributed by atoms with Gasteiger partial charge in [0.1, 0.15) is 23.5 Å². The fraction of sp³-hybridized carbons (Fsp3) is 0.318. The summed E-state index contributed by atoms with van der Waals surface area (Å²) in [6.07, 6.45) is 1.53. The molecule has 0 saturated carbocycles. The summed E-state index contributed by atoms with van der Waals surface area (Å²) < 4.78 is 32.0. The summed E-state index contributed by atoms with van der Waals surface area (Å²) in [5.41, 5.74) is 0.207. The lowest BCUT2D eigenvalue weighted by Crippen LogP contribution is -2.45. The van der Waals surface area contributed by atoms with Crippen LogP contribution in [0.2, 0.25) is 0 Å². The van der Waals surface area contributed by atoms with Crippen LogP contribution in [0.3, 0.4) is 0 Å². The lowest BCUT2D eigenvalue weighted by atomic mass is 9.75. The number of carbonyl (C=O) groups is 1. The summed E-state index contributed by atoms with van der Waals surface area (Å²) in [7, 11) is 0. The third-order valence-corrected chi connectivity index (χ3v) is 5.19. The number of nitriles is 2. The van der Waals surface area contributed by atoms with Gasteiger partial charge in [0.15, 0.2) is 6.61 Å². The highest BCUT2D eigenvalue weighted by molar-refractivity contribution is 5.77. The quantitative estimate of drug-likeness (QED) is 0.775. The molecule has 0 aromatic heterocycles. The van der Waals surface area contributed by atoms with Crippen LogP contribution in [0, 0.1) is 39.7 Å². The van der Waals surface area contributed by atoms with E-state index >= 15 is 0 Å². The molecule has 1 heterocycles. The van der Waals surface area contributed by atoms with Crippen LogP contribution in [0.4, 0.5) is 8.78 Å². The van der Waals surface area contributed by atoms with E-state index in [4.69, 9.17) is 10.00 Å². The molecule has 0 spiro atoms. The Morgan fingerprint density at radius 2 is 1.79 bits per heavy atom. The summed E-state index contributed by atoms with van der Waals surface area (Å²) in [6.45, 7) is 0.584. The third kappa shape index (κ3) is 4.89. The van der Waals surface area contributed by atoms with Gasteiger partial charge in [0.2, 0.25) is 0 Å². The minimum absolute atomic E-state index is 0.0892. The predicted molar refractivity (Wildman–Crippen MR) is 101 cm³/mol. The van der Waals surface area contributed by atoms with Crippen molar-refractivity contribution in [3.63, 3.8) is 0 Å². The van der Waals surface area contributed by atoms with Gasteiger partial charge >= 0.3 is 0 Å². The maximum atomic E-state index is 13.6. The highest BCUT2D eigenvalue weighted by Crippen LogP contribution is 2.34. The first-order chi connectivity index (χ1) is 13.9. The summed E-state index contributed by atoms with van der Waals surface area (Å²) >= 11 is 0. The zero-order valence-corrected chi connectivity index (χ0v) is 15.7. The second kappa shape index (κ2) is 8.70. The molecule has 148 valence electrons. The van der Waals surface area contributed by atoms with Gasteiger partial charge in [0, 0.05) is 19.2 Å². The molecule has 0 unspecified atom stereocenters. The maximum Gasteiger partial charge on any atom is 0.260 e. The number of hydrogen-bond donors (Lipinski definition) is 0. The zero-order valence-electron chi connectivity index (χ0n) is 15.7. The first-order valence-corrected chi connectivity index (χ1v) is 9.21. The summed E-state index contributed by atoms with van der Waals surface area (Å²) in [5, 5.41) is 18.4. The van der Waals surface area contributed by atoms with Crippen LogP contribution in [0.1, 0.15) is 24.0 Å². The van der Waals surface area contributed by atoms with Crippen molar-refractivity contribution in [1.82, 2.24) is 4.90 Å². The van der Waals surface area contributed by atoms with Gasteiger partial charge in [-0.15, -0.1) is 0 Å². The normalized spacial score (nSPS) is 15.2. The average molecular weight is 395 g/mol. The zero-order chi connectivity index (χ0) is 20.9. The molecule has 0 aliphatic carbocycles. The van der Waals surface area contributed by atoms with E-state index in [2.05, 4.69) is 6.07 Å². The first-order valence-electron chi connectivity index (χ1n) is 9.21. The van der Waals surface area contributed by atoms with Crippen molar-refractivity contribution in [3.05, 3.63) is 65.2 Å². The Labute approximate surface area is 167 Å². The van der Waals surface area contributed by atoms with Gasteiger partial charge in [-0.25, -0.2) is 8.78 Å². The van der Waals surface area contributed by atoms with Gasteiger partial charge in [-0.3, -0.25) is 4.79 Å². The van der Waals surface area contributed by atoms with Crippen LogP contribution in [-0.4, -0.2) is 30.5 Å². The predicted octanol–water partition coefficient (Wildman–Crippen LogP) is 3.59. The average Bonchev–Trinajstić information content (AvgIpc) is 2.74. The molecule has 3 rings (SSSR count). The monoisotopic (exact) mass is 395 g/mol. The summed E-state index contributed by atoms with van der Waals surface area (Å²) in [5.74, 6) is -1.09. The number of ether oxygens (including phenoxy) is 1. The molecule has 1 aliphatic rings. The van der Waals surface area contributed by atoms with Crippen LogP contribution in [0.5, 0.6) is 5.75 Å². The molecule has 29 heavy (non-hydrogen) atoms. The highest BCUT2D eigenvalue weighted by Gasteiger charge is 2.36. The fourth-order valence-corrected chi connectivity index (χ4v) is 3.42. The molecule has 1 amide bonds. The van der Waals surface area contributed by atoms with E-state index < -0.39 is 11.2 Å². The van der Waals surface area contributed by atoms with Gasteiger partial charge in [-0.1, -0.05) is 12.1 Å². The number of benzene rings is 2. The van der Waals surface area contributed by atoms with Crippen molar-refractivity contribution in [2.45, 2.75) is 19.3 Å². The Hall–Kier alpha value is -3.45. The molecular weight excluding hydrogens is 376 g/mol.